The Labute approximate surface area is 154 Å². The first-order chi connectivity index (χ1) is 11.7. The molecule has 1 aromatic rings. The van der Waals surface area contributed by atoms with Gasteiger partial charge in [-0.2, -0.15) is 4.31 Å². The first kappa shape index (κ1) is 20.2. The Morgan fingerprint density at radius 2 is 2.00 bits per heavy atom. The normalized spacial score (nSPS) is 17.5. The summed E-state index contributed by atoms with van der Waals surface area (Å²) < 4.78 is 32.4. The molecule has 2 N–H and O–H groups in total. The molecule has 1 aromatic heterocycles. The molecule has 0 atom stereocenters. The highest BCUT2D eigenvalue weighted by Gasteiger charge is 2.27. The number of hydrogen-bond acceptors (Lipinski definition) is 5. The number of guanidine groups is 1. The molecule has 1 aliphatic rings. The Morgan fingerprint density at radius 1 is 1.32 bits per heavy atom. The Balaban J connectivity index is 2.08. The lowest BCUT2D eigenvalue weighted by Gasteiger charge is -2.25. The average Bonchev–Trinajstić information content (AvgIpc) is 3.02. The highest BCUT2D eigenvalue weighted by Crippen LogP contribution is 2.26. The summed E-state index contributed by atoms with van der Waals surface area (Å²) in [6, 6.07) is 3.51. The maximum absolute atomic E-state index is 12.6. The van der Waals surface area contributed by atoms with Crippen molar-refractivity contribution in [3.05, 3.63) is 17.0 Å². The van der Waals surface area contributed by atoms with Crippen LogP contribution in [0.3, 0.4) is 0 Å². The second-order valence-electron chi connectivity index (χ2n) is 6.81. The van der Waals surface area contributed by atoms with Crippen LogP contribution in [0.4, 0.5) is 0 Å². The van der Waals surface area contributed by atoms with Gasteiger partial charge in [-0.15, -0.1) is 11.3 Å². The van der Waals surface area contributed by atoms with Gasteiger partial charge in [0.2, 0.25) is 0 Å². The molecule has 0 amide bonds. The summed E-state index contributed by atoms with van der Waals surface area (Å²) >= 11 is 1.28. The van der Waals surface area contributed by atoms with Crippen LogP contribution in [0.15, 0.2) is 21.3 Å². The topological polar surface area (TPSA) is 83.0 Å². The lowest BCUT2D eigenvalue weighted by molar-refractivity contribution is 0.0731. The first-order valence-corrected chi connectivity index (χ1v) is 10.7. The lowest BCUT2D eigenvalue weighted by atomic mass is 10.1. The molecule has 9 heteroatoms. The molecule has 0 saturated carbocycles. The fourth-order valence-corrected chi connectivity index (χ4v) is 5.16. The Morgan fingerprint density at radius 3 is 2.60 bits per heavy atom. The van der Waals surface area contributed by atoms with Crippen molar-refractivity contribution in [3.8, 4) is 0 Å². The molecule has 7 nitrogen and oxygen atoms in total. The third-order valence-electron chi connectivity index (χ3n) is 3.43. The molecule has 142 valence electrons. The third-order valence-corrected chi connectivity index (χ3v) is 6.87. The summed E-state index contributed by atoms with van der Waals surface area (Å²) in [5.41, 5.74) is -0.0959. The van der Waals surface area contributed by atoms with Crippen molar-refractivity contribution in [1.82, 2.24) is 14.9 Å². The molecular formula is C16H28N4O3S2. The van der Waals surface area contributed by atoms with Gasteiger partial charge in [0.1, 0.15) is 4.21 Å². The molecule has 0 aromatic carbocycles. The van der Waals surface area contributed by atoms with Gasteiger partial charge in [-0.05, 0) is 39.8 Å². The van der Waals surface area contributed by atoms with Crippen molar-refractivity contribution < 1.29 is 13.2 Å². The maximum atomic E-state index is 12.6. The number of hydrogen-bond donors (Lipinski definition) is 2. The highest BCUT2D eigenvalue weighted by atomic mass is 32.2. The van der Waals surface area contributed by atoms with E-state index in [1.54, 1.807) is 6.07 Å². The first-order valence-electron chi connectivity index (χ1n) is 8.45. The van der Waals surface area contributed by atoms with E-state index < -0.39 is 10.0 Å². The second kappa shape index (κ2) is 8.48. The van der Waals surface area contributed by atoms with Gasteiger partial charge in [-0.25, -0.2) is 13.4 Å². The summed E-state index contributed by atoms with van der Waals surface area (Å²) in [6.07, 6.45) is 0. The molecule has 2 rings (SSSR count). The molecule has 2 heterocycles. The standard InChI is InChI=1S/C16H28N4O3S2/c1-5-17-15(19-16(2,3)4)18-12-13-6-7-14(24-13)25(21,22)20-8-10-23-11-9-20/h6-7H,5,8-12H2,1-4H3,(H2,17,18,19). The van der Waals surface area contributed by atoms with Gasteiger partial charge in [-0.3, -0.25) is 0 Å². The van der Waals surface area contributed by atoms with Gasteiger partial charge in [-0.1, -0.05) is 0 Å². The summed E-state index contributed by atoms with van der Waals surface area (Å²) in [4.78, 5) is 5.47. The van der Waals surface area contributed by atoms with Crippen LogP contribution in [-0.2, 0) is 21.3 Å². The van der Waals surface area contributed by atoms with E-state index in [1.807, 2.05) is 13.0 Å². The van der Waals surface area contributed by atoms with Crippen LogP contribution in [-0.4, -0.2) is 57.1 Å². The zero-order chi connectivity index (χ0) is 18.5. The Kier molecular flexibility index (Phi) is 6.84. The Bertz CT molecular complexity index is 686. The number of rotatable bonds is 5. The van der Waals surface area contributed by atoms with E-state index in [0.717, 1.165) is 17.4 Å². The van der Waals surface area contributed by atoms with Gasteiger partial charge in [0, 0.05) is 30.1 Å². The van der Waals surface area contributed by atoms with Crippen LogP contribution in [0, 0.1) is 0 Å². The molecule has 1 fully saturated rings. The minimum atomic E-state index is -3.43. The number of ether oxygens (including phenoxy) is 1. The van der Waals surface area contributed by atoms with Crippen LogP contribution >= 0.6 is 11.3 Å². The summed E-state index contributed by atoms with van der Waals surface area (Å²) in [7, 11) is -3.43. The monoisotopic (exact) mass is 388 g/mol. The largest absolute Gasteiger partial charge is 0.379 e. The van der Waals surface area contributed by atoms with Crippen molar-refractivity contribution in [1.29, 1.82) is 0 Å². The number of aliphatic imine (C=N–C) groups is 1. The van der Waals surface area contributed by atoms with Crippen molar-refractivity contribution in [2.75, 3.05) is 32.8 Å². The van der Waals surface area contributed by atoms with Gasteiger partial charge in [0.25, 0.3) is 10.0 Å². The molecule has 0 bridgehead atoms. The van der Waals surface area contributed by atoms with E-state index in [4.69, 9.17) is 4.74 Å². The smallest absolute Gasteiger partial charge is 0.252 e. The van der Waals surface area contributed by atoms with Gasteiger partial charge in [0.15, 0.2) is 5.96 Å². The van der Waals surface area contributed by atoms with Gasteiger partial charge < -0.3 is 15.4 Å². The van der Waals surface area contributed by atoms with Crippen LogP contribution in [0.1, 0.15) is 32.6 Å². The highest BCUT2D eigenvalue weighted by molar-refractivity contribution is 7.91. The number of sulfonamides is 1. The minimum absolute atomic E-state index is 0.0959. The van der Waals surface area contributed by atoms with Crippen molar-refractivity contribution >= 4 is 27.3 Å². The summed E-state index contributed by atoms with van der Waals surface area (Å²) in [5, 5.41) is 6.52. The number of morpholine rings is 1. The van der Waals surface area contributed by atoms with Crippen LogP contribution in [0.5, 0.6) is 0 Å². The molecule has 0 radical (unpaired) electrons. The van der Waals surface area contributed by atoms with Crippen LogP contribution in [0.25, 0.3) is 0 Å². The molecule has 0 unspecified atom stereocenters. The van der Waals surface area contributed by atoms with E-state index >= 15 is 0 Å². The van der Waals surface area contributed by atoms with Crippen molar-refractivity contribution in [2.45, 2.75) is 44.0 Å². The lowest BCUT2D eigenvalue weighted by Crippen LogP contribution is -2.47. The van der Waals surface area contributed by atoms with Crippen molar-refractivity contribution in [2.24, 2.45) is 4.99 Å². The van der Waals surface area contributed by atoms with Crippen LogP contribution in [0.2, 0.25) is 0 Å². The van der Waals surface area contributed by atoms with Crippen LogP contribution < -0.4 is 10.6 Å². The fourth-order valence-electron chi connectivity index (χ4n) is 2.32. The summed E-state index contributed by atoms with van der Waals surface area (Å²) in [5.74, 6) is 0.723. The predicted octanol–water partition coefficient (Wildman–Crippen LogP) is 1.62. The Hall–Kier alpha value is -1.16. The van der Waals surface area contributed by atoms with E-state index in [9.17, 15) is 8.42 Å². The predicted molar refractivity (Wildman–Crippen MR) is 102 cm³/mol. The van der Waals surface area contributed by atoms with E-state index in [0.29, 0.717) is 37.1 Å². The molecular weight excluding hydrogens is 360 g/mol. The van der Waals surface area contributed by atoms with Gasteiger partial charge >= 0.3 is 0 Å². The molecule has 0 spiro atoms. The van der Waals surface area contributed by atoms with E-state index in [2.05, 4.69) is 36.4 Å². The number of thiophene rings is 1. The quantitative estimate of drug-likeness (QED) is 0.592. The number of nitrogens with zero attached hydrogens (tertiary/aromatic N) is 2. The summed E-state index contributed by atoms with van der Waals surface area (Å²) in [6.45, 7) is 11.1. The minimum Gasteiger partial charge on any atom is -0.379 e. The second-order valence-corrected chi connectivity index (χ2v) is 10.1. The van der Waals surface area contributed by atoms with E-state index in [-0.39, 0.29) is 5.54 Å². The molecule has 1 aliphatic heterocycles. The van der Waals surface area contributed by atoms with E-state index in [1.165, 1.54) is 15.6 Å². The maximum Gasteiger partial charge on any atom is 0.252 e. The molecule has 25 heavy (non-hydrogen) atoms. The number of nitrogens with one attached hydrogen (secondary N) is 2. The van der Waals surface area contributed by atoms with Crippen molar-refractivity contribution in [3.63, 3.8) is 0 Å². The van der Waals surface area contributed by atoms with Gasteiger partial charge in [0.05, 0.1) is 19.8 Å². The molecule has 1 saturated heterocycles. The third kappa shape index (κ3) is 5.95. The zero-order valence-electron chi connectivity index (χ0n) is 15.3. The zero-order valence-corrected chi connectivity index (χ0v) is 17.0. The SMILES string of the molecule is CCNC(=NCc1ccc(S(=O)(=O)N2CCOCC2)s1)NC(C)(C)C. The average molecular weight is 389 g/mol. The molecule has 0 aliphatic carbocycles. The fraction of sp³-hybridized carbons (Fsp3) is 0.688.